The van der Waals surface area contributed by atoms with Gasteiger partial charge in [-0.2, -0.15) is 5.10 Å². The van der Waals surface area contributed by atoms with Crippen LogP contribution in [0.1, 0.15) is 71.0 Å². The summed E-state index contributed by atoms with van der Waals surface area (Å²) in [5, 5.41) is 8.42. The second-order valence-corrected chi connectivity index (χ2v) is 6.57. The quantitative estimate of drug-likeness (QED) is 0.739. The summed E-state index contributed by atoms with van der Waals surface area (Å²) in [6, 6.07) is 2.81. The fourth-order valence-corrected chi connectivity index (χ4v) is 3.79. The first-order chi connectivity index (χ1) is 10.3. The van der Waals surface area contributed by atoms with Crippen LogP contribution in [0.2, 0.25) is 0 Å². The van der Waals surface area contributed by atoms with Gasteiger partial charge in [-0.15, -0.1) is 0 Å². The Labute approximate surface area is 130 Å². The molecule has 2 rings (SSSR count). The van der Waals surface area contributed by atoms with E-state index in [4.69, 9.17) is 5.10 Å². The van der Waals surface area contributed by atoms with Gasteiger partial charge in [0.05, 0.1) is 11.7 Å². The minimum absolute atomic E-state index is 0.567. The predicted octanol–water partition coefficient (Wildman–Crippen LogP) is 4.20. The van der Waals surface area contributed by atoms with Crippen molar-refractivity contribution in [2.24, 2.45) is 11.8 Å². The third kappa shape index (κ3) is 4.57. The van der Waals surface area contributed by atoms with Crippen molar-refractivity contribution in [3.8, 4) is 0 Å². The largest absolute Gasteiger partial charge is 0.317 e. The Morgan fingerprint density at radius 1 is 1.24 bits per heavy atom. The SMILES string of the molecule is CCNCC(Cc1ccn(C(CC)CC)n1)C1CCCC1. The van der Waals surface area contributed by atoms with Crippen LogP contribution in [-0.2, 0) is 6.42 Å². The summed E-state index contributed by atoms with van der Waals surface area (Å²) < 4.78 is 2.19. The molecule has 0 bridgehead atoms. The van der Waals surface area contributed by atoms with Crippen molar-refractivity contribution in [2.75, 3.05) is 13.1 Å². The van der Waals surface area contributed by atoms with Gasteiger partial charge in [-0.1, -0.05) is 46.5 Å². The smallest absolute Gasteiger partial charge is 0.0628 e. The highest BCUT2D eigenvalue weighted by Gasteiger charge is 2.25. The molecule has 0 radical (unpaired) electrons. The lowest BCUT2D eigenvalue weighted by Gasteiger charge is -2.23. The molecule has 0 aliphatic heterocycles. The zero-order chi connectivity index (χ0) is 15.1. The number of rotatable bonds is 9. The summed E-state index contributed by atoms with van der Waals surface area (Å²) in [6.07, 6.45) is 11.4. The molecule has 1 aliphatic rings. The number of aromatic nitrogens is 2. The van der Waals surface area contributed by atoms with Crippen molar-refractivity contribution in [1.82, 2.24) is 15.1 Å². The van der Waals surface area contributed by atoms with Gasteiger partial charge in [-0.05, 0) is 50.3 Å². The van der Waals surface area contributed by atoms with Crippen LogP contribution in [0.3, 0.4) is 0 Å². The third-order valence-electron chi connectivity index (χ3n) is 5.17. The zero-order valence-electron chi connectivity index (χ0n) is 14.1. The van der Waals surface area contributed by atoms with E-state index >= 15 is 0 Å². The Hall–Kier alpha value is -0.830. The Kier molecular flexibility index (Phi) is 6.75. The molecule has 1 aliphatic carbocycles. The summed E-state index contributed by atoms with van der Waals surface area (Å²) in [7, 11) is 0. The van der Waals surface area contributed by atoms with Gasteiger partial charge < -0.3 is 5.32 Å². The molecule has 0 aromatic carbocycles. The average molecular weight is 291 g/mol. The van der Waals surface area contributed by atoms with E-state index in [1.165, 1.54) is 44.2 Å². The summed E-state index contributed by atoms with van der Waals surface area (Å²) in [4.78, 5) is 0. The Morgan fingerprint density at radius 2 is 1.95 bits per heavy atom. The molecule has 1 atom stereocenters. The summed E-state index contributed by atoms with van der Waals surface area (Å²) in [5.74, 6) is 1.67. The fraction of sp³-hybridized carbons (Fsp3) is 0.833. The van der Waals surface area contributed by atoms with Gasteiger partial charge in [0.25, 0.3) is 0 Å². The van der Waals surface area contributed by atoms with E-state index in [1.807, 2.05) is 0 Å². The van der Waals surface area contributed by atoms with Crippen LogP contribution < -0.4 is 5.32 Å². The average Bonchev–Trinajstić information content (AvgIpc) is 3.16. The topological polar surface area (TPSA) is 29.9 Å². The van der Waals surface area contributed by atoms with E-state index in [9.17, 15) is 0 Å². The van der Waals surface area contributed by atoms with Crippen molar-refractivity contribution < 1.29 is 0 Å². The number of nitrogens with zero attached hydrogens (tertiary/aromatic N) is 2. The van der Waals surface area contributed by atoms with Crippen LogP contribution in [0, 0.1) is 11.8 Å². The first kappa shape index (κ1) is 16.5. The van der Waals surface area contributed by atoms with E-state index in [2.05, 4.69) is 43.0 Å². The van der Waals surface area contributed by atoms with Crippen LogP contribution in [0.25, 0.3) is 0 Å². The van der Waals surface area contributed by atoms with Gasteiger partial charge in [0.2, 0.25) is 0 Å². The molecule has 3 nitrogen and oxygen atoms in total. The third-order valence-corrected chi connectivity index (χ3v) is 5.17. The number of hydrogen-bond acceptors (Lipinski definition) is 2. The van der Waals surface area contributed by atoms with Gasteiger partial charge in [-0.3, -0.25) is 4.68 Å². The maximum absolute atomic E-state index is 4.86. The monoisotopic (exact) mass is 291 g/mol. The first-order valence-electron chi connectivity index (χ1n) is 9.03. The fourth-order valence-electron chi connectivity index (χ4n) is 3.79. The number of hydrogen-bond donors (Lipinski definition) is 1. The lowest BCUT2D eigenvalue weighted by atomic mass is 9.87. The van der Waals surface area contributed by atoms with Crippen LogP contribution in [0.4, 0.5) is 0 Å². The Balaban J connectivity index is 1.98. The molecule has 0 amide bonds. The minimum atomic E-state index is 0.567. The van der Waals surface area contributed by atoms with Crippen molar-refractivity contribution in [3.05, 3.63) is 18.0 Å². The van der Waals surface area contributed by atoms with E-state index in [0.29, 0.717) is 6.04 Å². The zero-order valence-corrected chi connectivity index (χ0v) is 14.1. The summed E-state index contributed by atoms with van der Waals surface area (Å²) in [6.45, 7) is 8.93. The normalized spacial score (nSPS) is 17.7. The molecule has 0 saturated heterocycles. The Bertz CT molecular complexity index is 389. The second-order valence-electron chi connectivity index (χ2n) is 6.57. The molecule has 21 heavy (non-hydrogen) atoms. The summed E-state index contributed by atoms with van der Waals surface area (Å²) >= 11 is 0. The van der Waals surface area contributed by atoms with E-state index < -0.39 is 0 Å². The molecular formula is C18H33N3. The van der Waals surface area contributed by atoms with Crippen molar-refractivity contribution >= 4 is 0 Å². The highest BCUT2D eigenvalue weighted by Crippen LogP contribution is 2.33. The lowest BCUT2D eigenvalue weighted by molar-refractivity contribution is 0.318. The van der Waals surface area contributed by atoms with Gasteiger partial charge in [0.15, 0.2) is 0 Å². The Morgan fingerprint density at radius 3 is 2.57 bits per heavy atom. The van der Waals surface area contributed by atoms with E-state index in [1.54, 1.807) is 0 Å². The molecular weight excluding hydrogens is 258 g/mol. The molecule has 1 fully saturated rings. The van der Waals surface area contributed by atoms with E-state index in [0.717, 1.165) is 31.3 Å². The molecule has 0 spiro atoms. The molecule has 1 aromatic heterocycles. The van der Waals surface area contributed by atoms with Crippen LogP contribution >= 0.6 is 0 Å². The van der Waals surface area contributed by atoms with Crippen molar-refractivity contribution in [3.63, 3.8) is 0 Å². The van der Waals surface area contributed by atoms with Gasteiger partial charge >= 0.3 is 0 Å². The van der Waals surface area contributed by atoms with Crippen molar-refractivity contribution in [2.45, 2.75) is 71.8 Å². The summed E-state index contributed by atoms with van der Waals surface area (Å²) in [5.41, 5.74) is 1.29. The predicted molar refractivity (Wildman–Crippen MR) is 89.5 cm³/mol. The van der Waals surface area contributed by atoms with Crippen molar-refractivity contribution in [1.29, 1.82) is 0 Å². The van der Waals surface area contributed by atoms with Crippen LogP contribution in [-0.4, -0.2) is 22.9 Å². The van der Waals surface area contributed by atoms with Crippen LogP contribution in [0.15, 0.2) is 12.3 Å². The first-order valence-corrected chi connectivity index (χ1v) is 9.03. The molecule has 1 saturated carbocycles. The molecule has 1 aromatic rings. The van der Waals surface area contributed by atoms with Gasteiger partial charge in [0, 0.05) is 6.20 Å². The van der Waals surface area contributed by atoms with Gasteiger partial charge in [-0.25, -0.2) is 0 Å². The minimum Gasteiger partial charge on any atom is -0.317 e. The maximum atomic E-state index is 4.86. The highest BCUT2D eigenvalue weighted by molar-refractivity contribution is 5.02. The van der Waals surface area contributed by atoms with E-state index in [-0.39, 0.29) is 0 Å². The molecule has 3 heteroatoms. The second kappa shape index (κ2) is 8.57. The van der Waals surface area contributed by atoms with Crippen LogP contribution in [0.5, 0.6) is 0 Å². The lowest BCUT2D eigenvalue weighted by Crippen LogP contribution is -2.29. The molecule has 1 heterocycles. The molecule has 1 N–H and O–H groups in total. The molecule has 120 valence electrons. The standard InChI is InChI=1S/C18H33N3/c1-4-18(5-2)21-12-11-17(20-21)13-16(14-19-6-3)15-9-7-8-10-15/h11-12,15-16,18-19H,4-10,13-14H2,1-3H3. The highest BCUT2D eigenvalue weighted by atomic mass is 15.3. The molecule has 1 unspecified atom stereocenters. The maximum Gasteiger partial charge on any atom is 0.0628 e. The number of nitrogens with one attached hydrogen (secondary N) is 1. The van der Waals surface area contributed by atoms with Gasteiger partial charge in [0.1, 0.15) is 0 Å².